The summed E-state index contributed by atoms with van der Waals surface area (Å²) in [5, 5.41) is 7.79. The molecule has 144 valence electrons. The van der Waals surface area contributed by atoms with Crippen molar-refractivity contribution in [3.05, 3.63) is 79.3 Å². The number of hydrogen-bond donors (Lipinski definition) is 0. The smallest absolute Gasteiger partial charge is 0.163 e. The Labute approximate surface area is 183 Å². The summed E-state index contributed by atoms with van der Waals surface area (Å²) in [5.74, 6) is 0. The molecule has 5 aromatic heterocycles. The molecule has 0 aliphatic carbocycles. The number of imidazole rings is 1. The van der Waals surface area contributed by atoms with Gasteiger partial charge in [0.25, 0.3) is 0 Å². The van der Waals surface area contributed by atoms with Crippen molar-refractivity contribution in [2.75, 3.05) is 0 Å². The minimum Gasteiger partial charge on any atom is -0.296 e. The number of rotatable bonds is 0. The number of hydrogen-bond acceptors (Lipinski definition) is 4. The van der Waals surface area contributed by atoms with Gasteiger partial charge in [0.05, 0.1) is 10.2 Å². The fourth-order valence-electron chi connectivity index (χ4n) is 5.08. The van der Waals surface area contributed by atoms with Crippen LogP contribution in [0.25, 0.3) is 67.8 Å². The van der Waals surface area contributed by atoms with E-state index in [1.54, 1.807) is 0 Å². The summed E-state index contributed by atoms with van der Waals surface area (Å²) >= 11 is 3.78. The molecule has 8 aromatic rings. The van der Waals surface area contributed by atoms with Crippen LogP contribution >= 0.6 is 22.7 Å². The molecule has 0 bridgehead atoms. The number of aromatic nitrogens is 3. The van der Waals surface area contributed by atoms with Gasteiger partial charge in [-0.15, -0.1) is 22.7 Å². The molecule has 0 saturated carbocycles. The van der Waals surface area contributed by atoms with E-state index in [1.165, 1.54) is 56.6 Å². The Bertz CT molecular complexity index is 2010. The Morgan fingerprint density at radius 1 is 0.613 bits per heavy atom. The summed E-state index contributed by atoms with van der Waals surface area (Å²) in [5.41, 5.74) is 3.11. The fraction of sp³-hybridized carbons (Fsp3) is 0. The van der Waals surface area contributed by atoms with E-state index >= 15 is 0 Å². The van der Waals surface area contributed by atoms with Crippen molar-refractivity contribution < 1.29 is 0 Å². The van der Waals surface area contributed by atoms with Crippen LogP contribution in [0, 0.1) is 0 Å². The van der Waals surface area contributed by atoms with E-state index < -0.39 is 0 Å². The second-order valence-corrected chi connectivity index (χ2v) is 9.95. The molecule has 3 nitrogen and oxygen atoms in total. The molecule has 0 spiro atoms. The van der Waals surface area contributed by atoms with Crippen molar-refractivity contribution in [3.8, 4) is 0 Å². The lowest BCUT2D eigenvalue weighted by Crippen LogP contribution is -1.93. The van der Waals surface area contributed by atoms with Crippen LogP contribution in [0.3, 0.4) is 0 Å². The number of benzene rings is 3. The number of thiophene rings is 2. The standard InChI is InChI=1S/C26H13N3S2/c1-3-9-17-14(6-1)20-19-16-8-5-11-27-22(16)26-28-12-13-29(26)23(19)25-21(24(20)30-17)15-7-2-4-10-18(15)31-25/h1-13H. The molecule has 31 heavy (non-hydrogen) atoms. The fourth-order valence-corrected chi connectivity index (χ4v) is 7.67. The van der Waals surface area contributed by atoms with Crippen LogP contribution in [0.4, 0.5) is 0 Å². The average Bonchev–Trinajstić information content (AvgIpc) is 3.53. The summed E-state index contributed by atoms with van der Waals surface area (Å²) in [4.78, 5) is 9.44. The molecule has 0 saturated heterocycles. The first kappa shape index (κ1) is 16.2. The molecule has 0 atom stereocenters. The topological polar surface area (TPSA) is 30.2 Å². The van der Waals surface area contributed by atoms with E-state index in [4.69, 9.17) is 9.97 Å². The molecule has 0 radical (unpaired) electrons. The monoisotopic (exact) mass is 431 g/mol. The van der Waals surface area contributed by atoms with E-state index in [9.17, 15) is 0 Å². The van der Waals surface area contributed by atoms with E-state index in [0.29, 0.717) is 0 Å². The first-order valence-corrected chi connectivity index (χ1v) is 11.8. The van der Waals surface area contributed by atoms with Crippen molar-refractivity contribution >= 4 is 90.5 Å². The summed E-state index contributed by atoms with van der Waals surface area (Å²) in [6.07, 6.45) is 5.83. The Morgan fingerprint density at radius 3 is 2.16 bits per heavy atom. The second-order valence-electron chi connectivity index (χ2n) is 7.85. The third-order valence-electron chi connectivity index (χ3n) is 6.29. The van der Waals surface area contributed by atoms with Gasteiger partial charge >= 0.3 is 0 Å². The first-order chi connectivity index (χ1) is 15.4. The molecule has 0 N–H and O–H groups in total. The van der Waals surface area contributed by atoms with Gasteiger partial charge in [0, 0.05) is 65.0 Å². The van der Waals surface area contributed by atoms with E-state index in [-0.39, 0.29) is 0 Å². The highest BCUT2D eigenvalue weighted by Gasteiger charge is 2.22. The predicted octanol–water partition coefficient (Wildman–Crippen LogP) is 7.77. The van der Waals surface area contributed by atoms with Gasteiger partial charge in [-0.05, 0) is 18.2 Å². The number of pyridine rings is 2. The predicted molar refractivity (Wildman–Crippen MR) is 134 cm³/mol. The van der Waals surface area contributed by atoms with E-state index in [2.05, 4.69) is 65.2 Å². The molecule has 0 amide bonds. The highest BCUT2D eigenvalue weighted by atomic mass is 32.1. The van der Waals surface area contributed by atoms with Crippen LogP contribution < -0.4 is 0 Å². The third-order valence-corrected chi connectivity index (χ3v) is 8.66. The van der Waals surface area contributed by atoms with Crippen molar-refractivity contribution in [2.45, 2.75) is 0 Å². The highest BCUT2D eigenvalue weighted by molar-refractivity contribution is 7.30. The van der Waals surface area contributed by atoms with Crippen LogP contribution in [0.2, 0.25) is 0 Å². The zero-order chi connectivity index (χ0) is 20.1. The van der Waals surface area contributed by atoms with Gasteiger partial charge in [-0.25, -0.2) is 4.98 Å². The number of fused-ring (bicyclic) bond motifs is 15. The minimum absolute atomic E-state index is 0.917. The normalized spacial score (nSPS) is 12.5. The zero-order valence-electron chi connectivity index (χ0n) is 16.2. The van der Waals surface area contributed by atoms with Gasteiger partial charge in [-0.3, -0.25) is 9.38 Å². The summed E-state index contributed by atoms with van der Waals surface area (Å²) in [6.45, 7) is 0. The molecule has 0 aliphatic rings. The van der Waals surface area contributed by atoms with Crippen LogP contribution in [0.15, 0.2) is 79.3 Å². The highest BCUT2D eigenvalue weighted by Crippen LogP contribution is 2.50. The van der Waals surface area contributed by atoms with Crippen LogP contribution in [0.5, 0.6) is 0 Å². The van der Waals surface area contributed by atoms with Crippen LogP contribution in [0.1, 0.15) is 0 Å². The Kier molecular flexibility index (Phi) is 2.91. The molecule has 0 unspecified atom stereocenters. The van der Waals surface area contributed by atoms with Gasteiger partial charge < -0.3 is 0 Å². The quantitative estimate of drug-likeness (QED) is 0.230. The Morgan fingerprint density at radius 2 is 1.32 bits per heavy atom. The second kappa shape index (κ2) is 5.58. The molecular formula is C26H13N3S2. The van der Waals surface area contributed by atoms with Crippen molar-refractivity contribution in [1.29, 1.82) is 0 Å². The zero-order valence-corrected chi connectivity index (χ0v) is 17.8. The van der Waals surface area contributed by atoms with Crippen molar-refractivity contribution in [3.63, 3.8) is 0 Å². The van der Waals surface area contributed by atoms with Crippen LogP contribution in [-0.2, 0) is 0 Å². The van der Waals surface area contributed by atoms with Gasteiger partial charge in [-0.1, -0.05) is 42.5 Å². The molecule has 8 rings (SSSR count). The average molecular weight is 432 g/mol. The molecule has 0 fully saturated rings. The van der Waals surface area contributed by atoms with Gasteiger partial charge in [0.2, 0.25) is 0 Å². The summed E-state index contributed by atoms with van der Waals surface area (Å²) < 4.78 is 7.58. The van der Waals surface area contributed by atoms with Gasteiger partial charge in [-0.2, -0.15) is 0 Å². The van der Waals surface area contributed by atoms with Crippen LogP contribution in [-0.4, -0.2) is 14.4 Å². The minimum atomic E-state index is 0.917. The van der Waals surface area contributed by atoms with Gasteiger partial charge in [0.15, 0.2) is 5.65 Å². The Hall–Kier alpha value is -3.54. The van der Waals surface area contributed by atoms with Gasteiger partial charge in [0.1, 0.15) is 5.52 Å². The van der Waals surface area contributed by atoms with Crippen molar-refractivity contribution in [1.82, 2.24) is 14.4 Å². The van der Waals surface area contributed by atoms with E-state index in [0.717, 1.165) is 11.2 Å². The maximum absolute atomic E-state index is 4.75. The lowest BCUT2D eigenvalue weighted by Gasteiger charge is -2.11. The maximum atomic E-state index is 4.75. The SMILES string of the molecule is c1ccc2c(c1)sc1c2c2sc3ccccc3c2c2c3cccnc3c3nccn3c12. The maximum Gasteiger partial charge on any atom is 0.163 e. The molecule has 5 heterocycles. The molecule has 0 aliphatic heterocycles. The molecular weight excluding hydrogens is 418 g/mol. The van der Waals surface area contributed by atoms with Crippen molar-refractivity contribution in [2.24, 2.45) is 0 Å². The molecule has 5 heteroatoms. The Balaban J connectivity index is 1.88. The third kappa shape index (κ3) is 1.89. The largest absolute Gasteiger partial charge is 0.296 e. The van der Waals surface area contributed by atoms with E-state index in [1.807, 2.05) is 41.1 Å². The number of nitrogens with zero attached hydrogens (tertiary/aromatic N) is 3. The molecule has 3 aromatic carbocycles. The summed E-state index contributed by atoms with van der Waals surface area (Å²) in [7, 11) is 0. The first-order valence-electron chi connectivity index (χ1n) is 10.2. The summed E-state index contributed by atoms with van der Waals surface area (Å²) in [6, 6.07) is 21.8. The lowest BCUT2D eigenvalue weighted by molar-refractivity contribution is 1.26. The lowest BCUT2D eigenvalue weighted by atomic mass is 10.00.